The molecule has 2 aromatic heterocycles. The number of nitrogens with one attached hydrogen (secondary N) is 2. The minimum Gasteiger partial charge on any atom is -0.433 e. The smallest absolute Gasteiger partial charge is 0.387 e. The van der Waals surface area contributed by atoms with E-state index in [1.165, 1.54) is 29.2 Å². The molecule has 0 spiro atoms. The Morgan fingerprint density at radius 2 is 2.00 bits per heavy atom. The normalized spacial score (nSPS) is 22.5. The monoisotopic (exact) mass is 573 g/mol. The number of alkyl halides is 2. The van der Waals surface area contributed by atoms with Gasteiger partial charge in [0, 0.05) is 22.6 Å². The predicted molar refractivity (Wildman–Crippen MR) is 145 cm³/mol. The number of pyridine rings is 1. The molecule has 3 aromatic rings. The van der Waals surface area contributed by atoms with E-state index in [4.69, 9.17) is 9.73 Å². The van der Waals surface area contributed by atoms with Gasteiger partial charge < -0.3 is 20.1 Å². The summed E-state index contributed by atoms with van der Waals surface area (Å²) in [4.78, 5) is 39.3. The molecule has 3 atom stereocenters. The lowest BCUT2D eigenvalue weighted by atomic mass is 9.80. The molecule has 1 saturated heterocycles. The lowest BCUT2D eigenvalue weighted by Gasteiger charge is -2.44. The molecular weight excluding hydrogens is 548 g/mol. The molecule has 2 N–H and O–H groups in total. The first kappa shape index (κ1) is 27.2. The maximum absolute atomic E-state index is 12.9. The van der Waals surface area contributed by atoms with Gasteiger partial charge in [-0.25, -0.2) is 15.0 Å². The number of fused-ring (bicyclic) bond motifs is 1. The van der Waals surface area contributed by atoms with Crippen molar-refractivity contribution in [3.05, 3.63) is 69.8 Å². The highest BCUT2D eigenvalue weighted by Crippen LogP contribution is 2.47. The van der Waals surface area contributed by atoms with Crippen molar-refractivity contribution >= 4 is 45.9 Å². The Morgan fingerprint density at radius 1 is 1.21 bits per heavy atom. The fourth-order valence-corrected chi connectivity index (χ4v) is 6.66. The number of thiazole rings is 1. The predicted octanol–water partition coefficient (Wildman–Crippen LogP) is 4.85. The molecule has 2 amide bonds. The van der Waals surface area contributed by atoms with Crippen LogP contribution in [-0.2, 0) is 10.3 Å². The number of carbonyl (C=O) groups is 2. The van der Waals surface area contributed by atoms with Crippen molar-refractivity contribution in [2.75, 3.05) is 17.7 Å². The van der Waals surface area contributed by atoms with Crippen LogP contribution in [0.2, 0.25) is 0 Å². The van der Waals surface area contributed by atoms with E-state index in [0.717, 1.165) is 18.4 Å². The van der Waals surface area contributed by atoms with Crippen molar-refractivity contribution in [3.8, 4) is 5.75 Å². The number of benzene rings is 1. The van der Waals surface area contributed by atoms with Crippen LogP contribution in [0.25, 0.3) is 0 Å². The Kier molecular flexibility index (Phi) is 7.91. The first-order chi connectivity index (χ1) is 18.7. The van der Waals surface area contributed by atoms with Crippen molar-refractivity contribution in [2.24, 2.45) is 10.9 Å². The first-order valence-electron chi connectivity index (χ1n) is 12.1. The summed E-state index contributed by atoms with van der Waals surface area (Å²) in [7, 11) is 0. The number of amides is 2. The highest BCUT2D eigenvalue weighted by Gasteiger charge is 2.50. The largest absolute Gasteiger partial charge is 0.433 e. The zero-order valence-corrected chi connectivity index (χ0v) is 22.7. The number of hydrogen-bond donors (Lipinski definition) is 2. The van der Waals surface area contributed by atoms with Crippen molar-refractivity contribution in [1.82, 2.24) is 15.3 Å². The van der Waals surface area contributed by atoms with Crippen LogP contribution in [0, 0.1) is 12.8 Å². The van der Waals surface area contributed by atoms with Gasteiger partial charge in [-0.2, -0.15) is 8.78 Å². The molecule has 39 heavy (non-hydrogen) atoms. The number of aryl methyl sites for hydroxylation is 1. The summed E-state index contributed by atoms with van der Waals surface area (Å²) >= 11 is 2.84. The van der Waals surface area contributed by atoms with Gasteiger partial charge >= 0.3 is 6.61 Å². The molecule has 0 radical (unpaired) electrons. The second kappa shape index (κ2) is 11.4. The Morgan fingerprint density at radius 3 is 2.74 bits per heavy atom. The number of amidine groups is 1. The van der Waals surface area contributed by atoms with E-state index in [-0.39, 0.29) is 36.0 Å². The number of aromatic nitrogens is 2. The van der Waals surface area contributed by atoms with E-state index < -0.39 is 18.1 Å². The Balaban J connectivity index is 1.37. The fraction of sp³-hybridized carbons (Fsp3) is 0.346. The summed E-state index contributed by atoms with van der Waals surface area (Å²) in [5.41, 5.74) is 0.159. The van der Waals surface area contributed by atoms with Gasteiger partial charge in [0.25, 0.3) is 11.8 Å². The Bertz CT molecular complexity index is 1400. The molecular formula is C26H25F2N5O4S2. The van der Waals surface area contributed by atoms with Crippen molar-refractivity contribution < 1.29 is 27.8 Å². The van der Waals surface area contributed by atoms with Crippen LogP contribution in [-0.4, -0.2) is 52.0 Å². The number of rotatable bonds is 6. The Hall–Kier alpha value is -3.42. The van der Waals surface area contributed by atoms with Crippen LogP contribution in [0.3, 0.4) is 0 Å². The second-order valence-electron chi connectivity index (χ2n) is 9.23. The number of ether oxygens (including phenoxy) is 2. The molecule has 1 fully saturated rings. The number of carbonyl (C=O) groups excluding carboxylic acids is 2. The number of thioether (sulfide) groups is 1. The zero-order chi connectivity index (χ0) is 27.6. The van der Waals surface area contributed by atoms with E-state index in [1.54, 1.807) is 36.6 Å². The minimum absolute atomic E-state index is 0.0598. The van der Waals surface area contributed by atoms with Crippen molar-refractivity contribution in [2.45, 2.75) is 38.5 Å². The summed E-state index contributed by atoms with van der Waals surface area (Å²) in [6, 6.07) is 10.2. The Labute approximate surface area is 231 Å². The van der Waals surface area contributed by atoms with Gasteiger partial charge in [-0.3, -0.25) is 9.59 Å². The number of nitrogens with zero attached hydrogens (tertiary/aromatic N) is 3. The van der Waals surface area contributed by atoms with Gasteiger partial charge in [-0.1, -0.05) is 30.0 Å². The minimum atomic E-state index is -2.98. The van der Waals surface area contributed by atoms with Gasteiger partial charge in [-0.05, 0) is 44.0 Å². The van der Waals surface area contributed by atoms with Crippen LogP contribution < -0.4 is 15.4 Å². The highest BCUT2D eigenvalue weighted by molar-refractivity contribution is 8.13. The molecule has 0 saturated carbocycles. The van der Waals surface area contributed by atoms with E-state index in [2.05, 4.69) is 25.3 Å². The van der Waals surface area contributed by atoms with E-state index in [0.29, 0.717) is 27.1 Å². The molecule has 9 nitrogen and oxygen atoms in total. The number of anilines is 1. The number of hydrogen-bond acceptors (Lipinski definition) is 9. The van der Waals surface area contributed by atoms with Gasteiger partial charge in [0.1, 0.15) is 27.8 Å². The molecule has 4 heterocycles. The van der Waals surface area contributed by atoms with E-state index >= 15 is 0 Å². The van der Waals surface area contributed by atoms with E-state index in [9.17, 15) is 18.4 Å². The average molecular weight is 574 g/mol. The summed E-state index contributed by atoms with van der Waals surface area (Å²) in [5.74, 6) is 0.233. The summed E-state index contributed by atoms with van der Waals surface area (Å²) < 4.78 is 35.3. The van der Waals surface area contributed by atoms with Gasteiger partial charge in [-0.15, -0.1) is 11.3 Å². The van der Waals surface area contributed by atoms with Crippen LogP contribution >= 0.6 is 23.1 Å². The van der Waals surface area contributed by atoms with Crippen LogP contribution in [0.1, 0.15) is 44.8 Å². The van der Waals surface area contributed by atoms with Crippen LogP contribution in [0.5, 0.6) is 5.75 Å². The topological polar surface area (TPSA) is 115 Å². The molecule has 2 aliphatic rings. The molecule has 5 rings (SSSR count). The van der Waals surface area contributed by atoms with Crippen LogP contribution in [0.4, 0.5) is 14.6 Å². The molecule has 0 aliphatic carbocycles. The maximum Gasteiger partial charge on any atom is 0.387 e. The molecule has 204 valence electrons. The van der Waals surface area contributed by atoms with E-state index in [1.807, 2.05) is 13.0 Å². The average Bonchev–Trinajstić information content (AvgIpc) is 3.38. The number of aliphatic imine (C=N–C) groups is 1. The first-order valence-corrected chi connectivity index (χ1v) is 14.0. The standard InChI is InChI=1S/C26H25F2N5O4S2/c1-14-8-18(37-24(27)28)10-29-20(14)22(35)30-19-12-38-23(31-19)26-13-36-15(2)9-17(26)11-39-25(33-26)32-21(34)16-6-4-3-5-7-16/h3-8,10,12,15,17,24H,9,11,13H2,1-2H3,(H,30,35)(H,32,33,34). The molecule has 1 aromatic carbocycles. The quantitative estimate of drug-likeness (QED) is 0.433. The zero-order valence-electron chi connectivity index (χ0n) is 21.0. The molecule has 2 aliphatic heterocycles. The molecule has 3 unspecified atom stereocenters. The molecule has 0 bridgehead atoms. The van der Waals surface area contributed by atoms with Crippen molar-refractivity contribution in [1.29, 1.82) is 0 Å². The van der Waals surface area contributed by atoms with Gasteiger partial charge in [0.2, 0.25) is 0 Å². The maximum atomic E-state index is 12.9. The summed E-state index contributed by atoms with van der Waals surface area (Å²) in [6.45, 7) is 0.904. The lowest BCUT2D eigenvalue weighted by Crippen LogP contribution is -2.50. The van der Waals surface area contributed by atoms with Gasteiger partial charge in [0.15, 0.2) is 5.17 Å². The molecule has 13 heteroatoms. The summed E-state index contributed by atoms with van der Waals surface area (Å²) in [5, 5.41) is 8.50. The fourth-order valence-electron chi connectivity index (χ4n) is 4.54. The van der Waals surface area contributed by atoms with Crippen molar-refractivity contribution in [3.63, 3.8) is 0 Å². The third kappa shape index (κ3) is 5.94. The van der Waals surface area contributed by atoms with Crippen LogP contribution in [0.15, 0.2) is 53.0 Å². The summed E-state index contributed by atoms with van der Waals surface area (Å²) in [6.07, 6.45) is 1.91. The number of halogens is 2. The van der Waals surface area contributed by atoms with Gasteiger partial charge in [0.05, 0.1) is 18.9 Å². The third-order valence-electron chi connectivity index (χ3n) is 6.47. The third-order valence-corrected chi connectivity index (χ3v) is 8.51. The second-order valence-corrected chi connectivity index (χ2v) is 11.1. The lowest BCUT2D eigenvalue weighted by molar-refractivity contribution is -0.0501. The SMILES string of the molecule is Cc1cc(OC(F)F)cnc1C(=O)Nc1csc(C23COC(C)CC2CSC(NC(=O)c2ccccc2)=N3)n1. The highest BCUT2D eigenvalue weighted by atomic mass is 32.2.